The molecule has 0 spiro atoms. The molecule has 0 fully saturated rings. The second kappa shape index (κ2) is 6.31. The fourth-order valence-electron chi connectivity index (χ4n) is 2.21. The van der Waals surface area contributed by atoms with E-state index in [0.29, 0.717) is 19.0 Å². The predicted octanol–water partition coefficient (Wildman–Crippen LogP) is 2.28. The van der Waals surface area contributed by atoms with Gasteiger partial charge < -0.3 is 10.4 Å². The molecule has 0 saturated carbocycles. The number of rotatable bonds is 7. The molecule has 1 unspecified atom stereocenters. The average Bonchev–Trinajstić information content (AvgIpc) is 2.91. The normalized spacial score (nSPS) is 13.6. The van der Waals surface area contributed by atoms with Crippen LogP contribution in [0.15, 0.2) is 17.8 Å². The van der Waals surface area contributed by atoms with Crippen LogP contribution in [0.3, 0.4) is 0 Å². The molecule has 4 nitrogen and oxygen atoms in total. The van der Waals surface area contributed by atoms with E-state index in [4.69, 9.17) is 0 Å². The molecule has 2 aromatic heterocycles. The average molecular weight is 267 g/mol. The zero-order valence-corrected chi connectivity index (χ0v) is 11.8. The highest BCUT2D eigenvalue weighted by atomic mass is 32.1. The topological polar surface area (TPSA) is 49.6 Å². The first-order valence-electron chi connectivity index (χ1n) is 6.54. The maximum Gasteiger partial charge on any atom is 0.193 e. The maximum absolute atomic E-state index is 10.0. The van der Waals surface area contributed by atoms with Crippen LogP contribution >= 0.6 is 11.3 Å². The van der Waals surface area contributed by atoms with Crippen LogP contribution in [0.2, 0.25) is 0 Å². The second-order valence-electron chi connectivity index (χ2n) is 4.60. The maximum atomic E-state index is 10.0. The van der Waals surface area contributed by atoms with Crippen molar-refractivity contribution in [2.24, 2.45) is 5.92 Å². The molecule has 18 heavy (non-hydrogen) atoms. The van der Waals surface area contributed by atoms with E-state index < -0.39 is 0 Å². The van der Waals surface area contributed by atoms with Crippen molar-refractivity contribution in [3.05, 3.63) is 23.5 Å². The van der Waals surface area contributed by atoms with Gasteiger partial charge in [0.25, 0.3) is 0 Å². The minimum absolute atomic E-state index is 0.260. The molecule has 0 bridgehead atoms. The Morgan fingerprint density at radius 1 is 1.44 bits per heavy atom. The van der Waals surface area contributed by atoms with Gasteiger partial charge in [0.15, 0.2) is 4.96 Å². The quantitative estimate of drug-likeness (QED) is 0.809. The van der Waals surface area contributed by atoms with Gasteiger partial charge in [0, 0.05) is 30.9 Å². The zero-order valence-electron chi connectivity index (χ0n) is 11.0. The van der Waals surface area contributed by atoms with Crippen molar-refractivity contribution in [2.45, 2.75) is 39.3 Å². The minimum atomic E-state index is -0.260. The molecule has 0 aromatic carbocycles. The van der Waals surface area contributed by atoms with Gasteiger partial charge in [0.2, 0.25) is 0 Å². The van der Waals surface area contributed by atoms with Crippen LogP contribution in [-0.2, 0) is 6.54 Å². The molecule has 0 aliphatic rings. The highest BCUT2D eigenvalue weighted by molar-refractivity contribution is 7.15. The van der Waals surface area contributed by atoms with Crippen LogP contribution in [0.25, 0.3) is 4.96 Å². The van der Waals surface area contributed by atoms with E-state index in [2.05, 4.69) is 24.1 Å². The SMILES string of the molecule is CCC(CC)C(O)CNCc1cn2ccsc2n1. The number of imidazole rings is 1. The van der Waals surface area contributed by atoms with E-state index >= 15 is 0 Å². The molecule has 0 aliphatic carbocycles. The number of hydrogen-bond donors (Lipinski definition) is 2. The van der Waals surface area contributed by atoms with Gasteiger partial charge in [-0.3, -0.25) is 4.40 Å². The first-order valence-corrected chi connectivity index (χ1v) is 7.42. The minimum Gasteiger partial charge on any atom is -0.392 e. The fourth-order valence-corrected chi connectivity index (χ4v) is 2.93. The molecule has 5 heteroatoms. The Balaban J connectivity index is 1.80. The first-order chi connectivity index (χ1) is 8.74. The molecule has 2 N–H and O–H groups in total. The molecule has 0 saturated heterocycles. The number of nitrogens with one attached hydrogen (secondary N) is 1. The molecular formula is C13H21N3OS. The fraction of sp³-hybridized carbons (Fsp3) is 0.615. The standard InChI is InChI=1S/C13H21N3OS/c1-3-10(4-2)12(17)8-14-7-11-9-16-5-6-18-13(16)15-11/h5-6,9-10,12,14,17H,3-4,7-8H2,1-2H3. The summed E-state index contributed by atoms with van der Waals surface area (Å²) in [7, 11) is 0. The van der Waals surface area contributed by atoms with Crippen LogP contribution < -0.4 is 5.32 Å². The molecule has 1 atom stereocenters. The van der Waals surface area contributed by atoms with Crippen molar-refractivity contribution in [1.82, 2.24) is 14.7 Å². The number of thiazole rings is 1. The lowest BCUT2D eigenvalue weighted by Gasteiger charge is -2.20. The van der Waals surface area contributed by atoms with Crippen molar-refractivity contribution in [1.29, 1.82) is 0 Å². The number of hydrogen-bond acceptors (Lipinski definition) is 4. The molecule has 2 rings (SSSR count). The predicted molar refractivity (Wildman–Crippen MR) is 74.9 cm³/mol. The number of aliphatic hydroxyl groups excluding tert-OH is 1. The summed E-state index contributed by atoms with van der Waals surface area (Å²) in [4.78, 5) is 5.51. The largest absolute Gasteiger partial charge is 0.392 e. The van der Waals surface area contributed by atoms with E-state index in [-0.39, 0.29) is 6.10 Å². The van der Waals surface area contributed by atoms with E-state index in [1.54, 1.807) is 11.3 Å². The van der Waals surface area contributed by atoms with E-state index in [9.17, 15) is 5.11 Å². The van der Waals surface area contributed by atoms with Crippen molar-refractivity contribution in [3.63, 3.8) is 0 Å². The van der Waals surface area contributed by atoms with Crippen molar-refractivity contribution >= 4 is 16.3 Å². The Hall–Kier alpha value is -0.910. The Morgan fingerprint density at radius 2 is 2.22 bits per heavy atom. The van der Waals surface area contributed by atoms with Gasteiger partial charge in [-0.05, 0) is 5.92 Å². The third kappa shape index (κ3) is 3.10. The third-order valence-corrected chi connectivity index (χ3v) is 4.17. The highest BCUT2D eigenvalue weighted by Gasteiger charge is 2.14. The summed E-state index contributed by atoms with van der Waals surface area (Å²) in [6.45, 7) is 5.60. The van der Waals surface area contributed by atoms with E-state index in [1.807, 2.05) is 22.2 Å². The summed E-state index contributed by atoms with van der Waals surface area (Å²) in [6, 6.07) is 0. The molecule has 2 aromatic rings. The van der Waals surface area contributed by atoms with E-state index in [1.165, 1.54) is 0 Å². The summed E-state index contributed by atoms with van der Waals surface area (Å²) >= 11 is 1.63. The van der Waals surface area contributed by atoms with Gasteiger partial charge in [0.1, 0.15) is 0 Å². The number of aromatic nitrogens is 2. The summed E-state index contributed by atoms with van der Waals surface area (Å²) < 4.78 is 2.03. The van der Waals surface area contributed by atoms with Gasteiger partial charge >= 0.3 is 0 Å². The molecular weight excluding hydrogens is 246 g/mol. The smallest absolute Gasteiger partial charge is 0.193 e. The molecule has 0 radical (unpaired) electrons. The lowest BCUT2D eigenvalue weighted by atomic mass is 9.96. The van der Waals surface area contributed by atoms with Crippen LogP contribution in [0.1, 0.15) is 32.4 Å². The number of fused-ring (bicyclic) bond motifs is 1. The molecule has 0 aliphatic heterocycles. The lowest BCUT2D eigenvalue weighted by molar-refractivity contribution is 0.101. The second-order valence-corrected chi connectivity index (χ2v) is 5.47. The number of aliphatic hydroxyl groups is 1. The van der Waals surface area contributed by atoms with Gasteiger partial charge in [-0.15, -0.1) is 11.3 Å². The van der Waals surface area contributed by atoms with Gasteiger partial charge in [-0.2, -0.15) is 0 Å². The molecule has 0 amide bonds. The van der Waals surface area contributed by atoms with E-state index in [0.717, 1.165) is 23.5 Å². The van der Waals surface area contributed by atoms with Gasteiger partial charge in [-0.25, -0.2) is 4.98 Å². The monoisotopic (exact) mass is 267 g/mol. The third-order valence-electron chi connectivity index (χ3n) is 3.40. The van der Waals surface area contributed by atoms with Gasteiger partial charge in [-0.1, -0.05) is 26.7 Å². The van der Waals surface area contributed by atoms with Gasteiger partial charge in [0.05, 0.1) is 11.8 Å². The van der Waals surface area contributed by atoms with Crippen molar-refractivity contribution in [2.75, 3.05) is 6.54 Å². The van der Waals surface area contributed by atoms with Crippen molar-refractivity contribution in [3.8, 4) is 0 Å². The zero-order chi connectivity index (χ0) is 13.0. The van der Waals surface area contributed by atoms with Crippen LogP contribution in [-0.4, -0.2) is 27.1 Å². The summed E-state index contributed by atoms with van der Waals surface area (Å²) in [5.41, 5.74) is 1.03. The summed E-state index contributed by atoms with van der Waals surface area (Å²) in [6.07, 6.45) is 5.83. The van der Waals surface area contributed by atoms with Crippen LogP contribution in [0, 0.1) is 5.92 Å². The number of nitrogens with zero attached hydrogens (tertiary/aromatic N) is 2. The molecule has 100 valence electrons. The Morgan fingerprint density at radius 3 is 2.89 bits per heavy atom. The van der Waals surface area contributed by atoms with Crippen LogP contribution in [0.5, 0.6) is 0 Å². The lowest BCUT2D eigenvalue weighted by Crippen LogP contribution is -2.32. The van der Waals surface area contributed by atoms with Crippen molar-refractivity contribution < 1.29 is 5.11 Å². The van der Waals surface area contributed by atoms with Crippen LogP contribution in [0.4, 0.5) is 0 Å². The Bertz CT molecular complexity index is 447. The highest BCUT2D eigenvalue weighted by Crippen LogP contribution is 2.13. The Kier molecular flexibility index (Phi) is 4.74. The molecule has 2 heterocycles. The first kappa shape index (κ1) is 13.5. The summed E-state index contributed by atoms with van der Waals surface area (Å²) in [5, 5.41) is 15.3. The summed E-state index contributed by atoms with van der Waals surface area (Å²) in [5.74, 6) is 0.392. The Labute approximate surface area is 112 Å².